The van der Waals surface area contributed by atoms with E-state index in [1.807, 2.05) is 19.1 Å². The number of pyridine rings is 1. The van der Waals surface area contributed by atoms with Gasteiger partial charge in [0, 0.05) is 63.2 Å². The molecule has 0 bridgehead atoms. The van der Waals surface area contributed by atoms with E-state index in [4.69, 9.17) is 0 Å². The van der Waals surface area contributed by atoms with E-state index in [9.17, 15) is 8.42 Å². The number of aromatic nitrogens is 3. The molecule has 1 saturated heterocycles. The number of benzene rings is 1. The third-order valence-electron chi connectivity index (χ3n) is 5.09. The Kier molecular flexibility index (Phi) is 5.90. The molecule has 2 aromatic heterocycles. The van der Waals surface area contributed by atoms with Crippen molar-refractivity contribution >= 4 is 44.4 Å². The highest BCUT2D eigenvalue weighted by Gasteiger charge is 2.16. The van der Waals surface area contributed by atoms with Gasteiger partial charge in [-0.3, -0.25) is 4.72 Å². The number of anilines is 4. The van der Waals surface area contributed by atoms with Crippen LogP contribution in [0.3, 0.4) is 0 Å². The highest BCUT2D eigenvalue weighted by atomic mass is 32.2. The molecule has 0 amide bonds. The first-order valence-electron chi connectivity index (χ1n) is 9.99. The second-order valence-electron chi connectivity index (χ2n) is 7.55. The van der Waals surface area contributed by atoms with Crippen LogP contribution in [0.2, 0.25) is 0 Å². The summed E-state index contributed by atoms with van der Waals surface area (Å²) >= 11 is 0. The van der Waals surface area contributed by atoms with Crippen LogP contribution in [0.25, 0.3) is 11.0 Å². The van der Waals surface area contributed by atoms with Crippen molar-refractivity contribution in [3.05, 3.63) is 42.1 Å². The molecule has 31 heavy (non-hydrogen) atoms. The Balaban J connectivity index is 1.55. The minimum Gasteiger partial charge on any atom is -0.369 e. The first-order valence-corrected chi connectivity index (χ1v) is 11.4. The van der Waals surface area contributed by atoms with Crippen LogP contribution in [0.5, 0.6) is 0 Å². The summed E-state index contributed by atoms with van der Waals surface area (Å²) in [6, 6.07) is 9.79. The Morgan fingerprint density at radius 3 is 2.48 bits per heavy atom. The van der Waals surface area contributed by atoms with Gasteiger partial charge in [-0.05, 0) is 42.8 Å². The van der Waals surface area contributed by atoms with Crippen molar-refractivity contribution in [3.8, 4) is 0 Å². The van der Waals surface area contributed by atoms with E-state index in [1.54, 1.807) is 12.3 Å². The molecule has 1 aromatic carbocycles. The zero-order chi connectivity index (χ0) is 22.0. The summed E-state index contributed by atoms with van der Waals surface area (Å²) < 4.78 is 27.8. The smallest absolute Gasteiger partial charge is 0.302 e. The van der Waals surface area contributed by atoms with E-state index < -0.39 is 10.2 Å². The van der Waals surface area contributed by atoms with E-state index in [0.717, 1.165) is 47.1 Å². The van der Waals surface area contributed by atoms with E-state index >= 15 is 0 Å². The van der Waals surface area contributed by atoms with Crippen LogP contribution < -0.4 is 20.3 Å². The maximum atomic E-state index is 12.1. The Bertz CT molecular complexity index is 1180. The average Bonchev–Trinajstić information content (AvgIpc) is 2.74. The minimum absolute atomic E-state index is 0.212. The Morgan fingerprint density at radius 2 is 1.81 bits per heavy atom. The van der Waals surface area contributed by atoms with E-state index in [2.05, 4.69) is 47.3 Å². The summed E-state index contributed by atoms with van der Waals surface area (Å²) in [4.78, 5) is 15.6. The maximum absolute atomic E-state index is 12.1. The van der Waals surface area contributed by atoms with Gasteiger partial charge in [0.1, 0.15) is 5.82 Å². The van der Waals surface area contributed by atoms with Gasteiger partial charge < -0.3 is 15.5 Å². The third kappa shape index (κ3) is 4.84. The van der Waals surface area contributed by atoms with Gasteiger partial charge >= 0.3 is 10.2 Å². The molecule has 1 aliphatic rings. The quantitative estimate of drug-likeness (QED) is 0.528. The lowest BCUT2D eigenvalue weighted by atomic mass is 10.2. The molecule has 11 heteroatoms. The molecule has 3 aromatic rings. The van der Waals surface area contributed by atoms with Gasteiger partial charge in [-0.15, -0.1) is 0 Å². The van der Waals surface area contributed by atoms with Gasteiger partial charge in [0.05, 0.1) is 0 Å². The summed E-state index contributed by atoms with van der Waals surface area (Å²) in [5.41, 5.74) is 3.28. The molecule has 1 aliphatic heterocycles. The van der Waals surface area contributed by atoms with Crippen LogP contribution >= 0.6 is 0 Å². The fourth-order valence-electron chi connectivity index (χ4n) is 3.31. The van der Waals surface area contributed by atoms with Gasteiger partial charge in [-0.1, -0.05) is 0 Å². The van der Waals surface area contributed by atoms with E-state index in [0.29, 0.717) is 11.6 Å². The molecule has 0 spiro atoms. The van der Waals surface area contributed by atoms with Gasteiger partial charge in [0.25, 0.3) is 0 Å². The van der Waals surface area contributed by atoms with Crippen molar-refractivity contribution in [2.45, 2.75) is 6.92 Å². The van der Waals surface area contributed by atoms with Gasteiger partial charge in [-0.25, -0.2) is 9.97 Å². The highest BCUT2D eigenvalue weighted by Crippen LogP contribution is 2.23. The molecule has 10 nitrogen and oxygen atoms in total. The molecule has 3 N–H and O–H groups in total. The van der Waals surface area contributed by atoms with Crippen molar-refractivity contribution < 1.29 is 8.42 Å². The summed E-state index contributed by atoms with van der Waals surface area (Å²) in [7, 11) is -0.750. The lowest BCUT2D eigenvalue weighted by Gasteiger charge is -2.29. The number of hydrogen-bond acceptors (Lipinski definition) is 8. The zero-order valence-corrected chi connectivity index (χ0v) is 18.6. The fraction of sp³-hybridized carbons (Fsp3) is 0.350. The number of piperazine rings is 1. The maximum Gasteiger partial charge on any atom is 0.302 e. The molecule has 164 valence electrons. The van der Waals surface area contributed by atoms with Crippen LogP contribution in [-0.4, -0.2) is 67.9 Å². The lowest BCUT2D eigenvalue weighted by Crippen LogP contribution is -2.43. The summed E-state index contributed by atoms with van der Waals surface area (Å²) in [6.07, 6.45) is 1.69. The molecule has 4 rings (SSSR count). The molecule has 0 radical (unpaired) electrons. The molecule has 1 fully saturated rings. The summed E-state index contributed by atoms with van der Waals surface area (Å²) in [5, 5.41) is 7.30. The lowest BCUT2D eigenvalue weighted by molar-refractivity contribution is 0.526. The third-order valence-corrected chi connectivity index (χ3v) is 6.52. The second kappa shape index (κ2) is 8.61. The largest absolute Gasteiger partial charge is 0.369 e. The van der Waals surface area contributed by atoms with Crippen LogP contribution in [0.15, 0.2) is 36.5 Å². The normalized spacial score (nSPS) is 14.8. The molecular formula is C20H26N8O2S. The first kappa shape index (κ1) is 21.2. The van der Waals surface area contributed by atoms with E-state index in [-0.39, 0.29) is 5.82 Å². The Labute approximate surface area is 181 Å². The van der Waals surface area contributed by atoms with Crippen LogP contribution in [-0.2, 0) is 10.2 Å². The van der Waals surface area contributed by atoms with Crippen molar-refractivity contribution in [1.82, 2.24) is 24.6 Å². The number of nitrogens with one attached hydrogen (secondary N) is 3. The van der Waals surface area contributed by atoms with Crippen molar-refractivity contribution in [2.24, 2.45) is 0 Å². The minimum atomic E-state index is -3.65. The average molecular weight is 443 g/mol. The van der Waals surface area contributed by atoms with Crippen molar-refractivity contribution in [2.75, 3.05) is 55.2 Å². The van der Waals surface area contributed by atoms with Crippen molar-refractivity contribution in [1.29, 1.82) is 0 Å². The standard InChI is InChI=1S/C20H26N8O2S/c1-14-12-18(26-31(29,30)27(2)3)24-19-17(14)13-22-20(25-19)23-15-4-6-16(7-5-15)28-10-8-21-9-11-28/h4-7,12-13,21H,8-11H2,1-3H3,(H2,22,23,24,25,26). The highest BCUT2D eigenvalue weighted by molar-refractivity contribution is 7.90. The summed E-state index contributed by atoms with van der Waals surface area (Å²) in [5.74, 6) is 0.602. The van der Waals surface area contributed by atoms with Crippen molar-refractivity contribution in [3.63, 3.8) is 0 Å². The topological polar surface area (TPSA) is 115 Å². The summed E-state index contributed by atoms with van der Waals surface area (Å²) in [6.45, 7) is 5.83. The molecule has 0 saturated carbocycles. The second-order valence-corrected chi connectivity index (χ2v) is 9.44. The molecule has 0 unspecified atom stereocenters. The fourth-order valence-corrected chi connectivity index (χ4v) is 3.86. The van der Waals surface area contributed by atoms with Gasteiger partial charge in [0.2, 0.25) is 5.95 Å². The number of nitrogens with zero attached hydrogens (tertiary/aromatic N) is 5. The zero-order valence-electron chi connectivity index (χ0n) is 17.8. The SMILES string of the molecule is Cc1cc(NS(=O)(=O)N(C)C)nc2nc(Nc3ccc(N4CCNCC4)cc3)ncc12. The first-order chi connectivity index (χ1) is 14.8. The number of fused-ring (bicyclic) bond motifs is 1. The van der Waals surface area contributed by atoms with Gasteiger partial charge in [-0.2, -0.15) is 17.7 Å². The predicted molar refractivity (Wildman–Crippen MR) is 123 cm³/mol. The number of hydrogen-bond donors (Lipinski definition) is 3. The molecule has 0 atom stereocenters. The number of rotatable bonds is 6. The molecule has 0 aliphatic carbocycles. The van der Waals surface area contributed by atoms with Crippen LogP contribution in [0.1, 0.15) is 5.56 Å². The monoisotopic (exact) mass is 442 g/mol. The molecular weight excluding hydrogens is 416 g/mol. The van der Waals surface area contributed by atoms with E-state index in [1.165, 1.54) is 19.8 Å². The Hall–Kier alpha value is -3.02. The number of aryl methyl sites for hydroxylation is 1. The Morgan fingerprint density at radius 1 is 1.10 bits per heavy atom. The molecule has 3 heterocycles. The van der Waals surface area contributed by atoms with Crippen LogP contribution in [0, 0.1) is 6.92 Å². The van der Waals surface area contributed by atoms with Crippen LogP contribution in [0.4, 0.5) is 23.1 Å². The van der Waals surface area contributed by atoms with Gasteiger partial charge in [0.15, 0.2) is 5.65 Å². The predicted octanol–water partition coefficient (Wildman–Crippen LogP) is 1.70.